The molecule has 0 radical (unpaired) electrons. The molecule has 1 spiro atoms. The summed E-state index contributed by atoms with van der Waals surface area (Å²) in [5.74, 6) is -0.545. The van der Waals surface area contributed by atoms with Gasteiger partial charge in [-0.05, 0) is 42.7 Å². The van der Waals surface area contributed by atoms with E-state index in [0.29, 0.717) is 17.0 Å². The predicted octanol–water partition coefficient (Wildman–Crippen LogP) is 2.06. The highest BCUT2D eigenvalue weighted by atomic mass is 35.5. The summed E-state index contributed by atoms with van der Waals surface area (Å²) in [5, 5.41) is 21.3. The second-order valence-electron chi connectivity index (χ2n) is 10.6. The Morgan fingerprint density at radius 3 is 2.51 bits per heavy atom. The molecule has 2 aromatic rings. The van der Waals surface area contributed by atoms with Crippen molar-refractivity contribution in [1.82, 2.24) is 19.5 Å². The fourth-order valence-corrected chi connectivity index (χ4v) is 9.68. The van der Waals surface area contributed by atoms with Gasteiger partial charge < -0.3 is 34.5 Å². The van der Waals surface area contributed by atoms with E-state index in [4.69, 9.17) is 26.1 Å². The van der Waals surface area contributed by atoms with Gasteiger partial charge in [-0.15, -0.1) is 0 Å². The third-order valence-corrected chi connectivity index (χ3v) is 12.2. The zero-order valence-corrected chi connectivity index (χ0v) is 22.7. The highest BCUT2D eigenvalue weighted by molar-refractivity contribution is 7.72. The summed E-state index contributed by atoms with van der Waals surface area (Å²) >= 11 is 6.30. The average molecular weight is 580 g/mol. The SMILES string of the molecule is O=P(O)(O)CP(=O)(O)CC[C@H]1O[C@@H](n2cnc3c(N4CCC5(CCCCC5)C4)nc(Cl)nc32)C(O)C1O. The summed E-state index contributed by atoms with van der Waals surface area (Å²) in [6.07, 6.45) is 2.98. The molecule has 0 amide bonds. The molecule has 16 heteroatoms. The molecule has 0 bridgehead atoms. The Bertz CT molecular complexity index is 1250. The number of imidazole rings is 1. The molecule has 3 aliphatic rings. The maximum Gasteiger partial charge on any atom is 0.335 e. The minimum absolute atomic E-state index is 0.0112. The lowest BCUT2D eigenvalue weighted by Gasteiger charge is -2.33. The Morgan fingerprint density at radius 2 is 1.81 bits per heavy atom. The summed E-state index contributed by atoms with van der Waals surface area (Å²) in [6.45, 7) is 1.69. The van der Waals surface area contributed by atoms with Gasteiger partial charge in [0.05, 0.1) is 12.4 Å². The number of nitrogens with zero attached hydrogens (tertiary/aromatic N) is 5. The number of hydrogen-bond donors (Lipinski definition) is 5. The smallest absolute Gasteiger partial charge is 0.335 e. The van der Waals surface area contributed by atoms with Gasteiger partial charge in [-0.1, -0.05) is 19.3 Å². The number of rotatable bonds is 7. The minimum Gasteiger partial charge on any atom is -0.388 e. The zero-order valence-electron chi connectivity index (χ0n) is 20.1. The van der Waals surface area contributed by atoms with Gasteiger partial charge in [0.25, 0.3) is 0 Å². The van der Waals surface area contributed by atoms with Gasteiger partial charge >= 0.3 is 7.60 Å². The van der Waals surface area contributed by atoms with Crippen LogP contribution in [0.25, 0.3) is 11.2 Å². The van der Waals surface area contributed by atoms with E-state index in [-0.39, 0.29) is 17.1 Å². The summed E-state index contributed by atoms with van der Waals surface area (Å²) in [5.41, 5.74) is 1.09. The van der Waals surface area contributed by atoms with Gasteiger partial charge in [0.1, 0.15) is 18.1 Å². The summed E-state index contributed by atoms with van der Waals surface area (Å²) in [4.78, 5) is 43.4. The minimum atomic E-state index is -4.69. The first-order valence-electron chi connectivity index (χ1n) is 12.4. The molecule has 5 atom stereocenters. The van der Waals surface area contributed by atoms with Gasteiger partial charge in [-0.25, -0.2) is 4.98 Å². The molecule has 4 heterocycles. The third-order valence-electron chi connectivity index (χ3n) is 7.81. The molecule has 2 aromatic heterocycles. The number of anilines is 1. The van der Waals surface area contributed by atoms with Gasteiger partial charge in [0.15, 0.2) is 23.2 Å². The molecule has 13 nitrogen and oxygen atoms in total. The van der Waals surface area contributed by atoms with Crippen molar-refractivity contribution in [2.75, 3.05) is 30.1 Å². The first-order chi connectivity index (χ1) is 17.4. The average Bonchev–Trinajstić information content (AvgIpc) is 3.48. The van der Waals surface area contributed by atoms with Crippen LogP contribution < -0.4 is 4.90 Å². The summed E-state index contributed by atoms with van der Waals surface area (Å²) in [6, 6.07) is 0. The van der Waals surface area contributed by atoms with Crippen LogP contribution in [0.2, 0.25) is 5.28 Å². The van der Waals surface area contributed by atoms with Crippen molar-refractivity contribution in [3.63, 3.8) is 0 Å². The lowest BCUT2D eigenvalue weighted by molar-refractivity contribution is -0.0354. The number of aliphatic hydroxyl groups excluding tert-OH is 2. The highest BCUT2D eigenvalue weighted by Crippen LogP contribution is 2.55. The number of aliphatic hydroxyl groups is 2. The van der Waals surface area contributed by atoms with Gasteiger partial charge in [0.2, 0.25) is 12.7 Å². The normalized spacial score (nSPS) is 29.8. The van der Waals surface area contributed by atoms with Crippen LogP contribution in [0.15, 0.2) is 6.33 Å². The van der Waals surface area contributed by atoms with Crippen LogP contribution in [0.4, 0.5) is 5.82 Å². The Labute approximate surface area is 218 Å². The Kier molecular flexibility index (Phi) is 7.50. The van der Waals surface area contributed by atoms with Crippen LogP contribution in [-0.2, 0) is 13.9 Å². The first kappa shape index (κ1) is 27.4. The van der Waals surface area contributed by atoms with Crippen molar-refractivity contribution < 1.29 is 38.8 Å². The molecule has 3 fully saturated rings. The molecule has 206 valence electrons. The number of ether oxygens (including phenoxy) is 1. The molecule has 1 aliphatic carbocycles. The van der Waals surface area contributed by atoms with Gasteiger partial charge in [-0.2, -0.15) is 9.97 Å². The second-order valence-corrected chi connectivity index (χ2v) is 15.5. The quantitative estimate of drug-likeness (QED) is 0.237. The largest absolute Gasteiger partial charge is 0.388 e. The number of hydrogen-bond acceptors (Lipinski definition) is 9. The van der Waals surface area contributed by atoms with E-state index < -0.39 is 51.6 Å². The van der Waals surface area contributed by atoms with E-state index in [9.17, 15) is 24.2 Å². The number of aromatic nitrogens is 4. The second kappa shape index (κ2) is 10.1. The van der Waals surface area contributed by atoms with E-state index in [1.807, 2.05) is 0 Å². The number of halogens is 1. The number of fused-ring (bicyclic) bond motifs is 1. The first-order valence-corrected chi connectivity index (χ1v) is 16.6. The van der Waals surface area contributed by atoms with E-state index in [0.717, 1.165) is 19.5 Å². The fraction of sp³-hybridized carbons (Fsp3) is 0.762. The van der Waals surface area contributed by atoms with Gasteiger partial charge in [-0.3, -0.25) is 13.7 Å². The van der Waals surface area contributed by atoms with Crippen LogP contribution in [-0.4, -0.2) is 87.9 Å². The standard InChI is InChI=1S/C21H32ClN5O8P2/c22-20-24-17(26-8-7-21(10-26)5-2-1-3-6-21)14-18(25-20)27(11-23-14)19-16(29)15(28)13(35-19)4-9-36(30,31)12-37(32,33)34/h11,13,15-16,19,28-29H,1-10,12H2,(H,30,31)(H2,32,33,34)/t13-,15?,16?,19-/m1/s1. The Morgan fingerprint density at radius 1 is 1.08 bits per heavy atom. The third kappa shape index (κ3) is 5.76. The van der Waals surface area contributed by atoms with Gasteiger partial charge in [0, 0.05) is 19.3 Å². The topological polar surface area (TPSA) is 191 Å². The van der Waals surface area contributed by atoms with Crippen molar-refractivity contribution in [1.29, 1.82) is 0 Å². The lowest BCUT2D eigenvalue weighted by Crippen LogP contribution is -2.32. The van der Waals surface area contributed by atoms with E-state index in [1.165, 1.54) is 43.0 Å². The molecule has 2 aliphatic heterocycles. The lowest BCUT2D eigenvalue weighted by atomic mass is 9.73. The summed E-state index contributed by atoms with van der Waals surface area (Å²) < 4.78 is 30.6. The molecule has 0 aromatic carbocycles. The summed E-state index contributed by atoms with van der Waals surface area (Å²) in [7, 11) is -8.86. The molecule has 2 saturated heterocycles. The molecular formula is C21H32ClN5O8P2. The Balaban J connectivity index is 1.36. The highest BCUT2D eigenvalue weighted by Gasteiger charge is 2.46. The molecule has 37 heavy (non-hydrogen) atoms. The zero-order chi connectivity index (χ0) is 26.6. The molecule has 5 rings (SSSR count). The predicted molar refractivity (Wildman–Crippen MR) is 135 cm³/mol. The van der Waals surface area contributed by atoms with Crippen molar-refractivity contribution >= 4 is 43.5 Å². The van der Waals surface area contributed by atoms with Crippen molar-refractivity contribution in [3.8, 4) is 0 Å². The monoisotopic (exact) mass is 579 g/mol. The van der Waals surface area contributed by atoms with E-state index in [1.54, 1.807) is 0 Å². The molecule has 1 saturated carbocycles. The molecule has 3 unspecified atom stereocenters. The Hall–Kier alpha value is -1.14. The van der Waals surface area contributed by atoms with Crippen LogP contribution in [0.3, 0.4) is 0 Å². The maximum atomic E-state index is 12.2. The van der Waals surface area contributed by atoms with Crippen LogP contribution in [0.5, 0.6) is 0 Å². The van der Waals surface area contributed by atoms with Crippen LogP contribution >= 0.6 is 26.6 Å². The maximum absolute atomic E-state index is 12.2. The van der Waals surface area contributed by atoms with E-state index >= 15 is 0 Å². The van der Waals surface area contributed by atoms with E-state index in [2.05, 4.69) is 19.9 Å². The fourth-order valence-electron chi connectivity index (χ4n) is 5.99. The molecule has 5 N–H and O–H groups in total. The van der Waals surface area contributed by atoms with Crippen molar-refractivity contribution in [3.05, 3.63) is 11.6 Å². The van der Waals surface area contributed by atoms with Crippen LogP contribution in [0.1, 0.15) is 51.2 Å². The van der Waals surface area contributed by atoms with Crippen molar-refractivity contribution in [2.24, 2.45) is 5.41 Å². The molecular weight excluding hydrogens is 548 g/mol. The van der Waals surface area contributed by atoms with Crippen molar-refractivity contribution in [2.45, 2.75) is 69.5 Å². The van der Waals surface area contributed by atoms with Crippen LogP contribution in [0, 0.1) is 5.41 Å².